The first-order valence-electron chi connectivity index (χ1n) is 16.9. The smallest absolute Gasteiger partial charge is 0.00110 e. The molecule has 0 nitrogen and oxygen atoms in total. The Morgan fingerprint density at radius 2 is 1.00 bits per heavy atom. The van der Waals surface area contributed by atoms with Gasteiger partial charge in [0, 0.05) is 0 Å². The zero-order chi connectivity index (χ0) is 31.7. The highest BCUT2D eigenvalue weighted by molar-refractivity contribution is 6.44. The molecule has 0 amide bonds. The van der Waals surface area contributed by atoms with Crippen molar-refractivity contribution in [2.24, 2.45) is 0 Å². The minimum atomic E-state index is 1.26. The Morgan fingerprint density at radius 3 is 1.83 bits per heavy atom. The molecular weight excluding hydrogens is 577 g/mol. The van der Waals surface area contributed by atoms with Crippen molar-refractivity contribution < 1.29 is 0 Å². The standard InChI is InChI=1S/C48H30/c1-27-20-21-34-38(24-27)35-18-11-19-36-42-28(2)43-40-25-31-16-9-10-17-32(31)46-33(29-12-5-3-6-13-29)22-23-37(47(40)46)48(43)44(30-14-7-4-8-15-30)41(42)26-39(34)45(35)36/h3-26H,1-2H3. The van der Waals surface area contributed by atoms with Crippen molar-refractivity contribution in [1.82, 2.24) is 0 Å². The van der Waals surface area contributed by atoms with Gasteiger partial charge in [0.1, 0.15) is 0 Å². The van der Waals surface area contributed by atoms with Crippen LogP contribution < -0.4 is 0 Å². The van der Waals surface area contributed by atoms with Gasteiger partial charge in [-0.15, -0.1) is 0 Å². The maximum Gasteiger partial charge on any atom is -0.00110 e. The molecule has 0 fully saturated rings. The van der Waals surface area contributed by atoms with E-state index in [0.717, 1.165) is 0 Å². The van der Waals surface area contributed by atoms with Crippen LogP contribution in [0.3, 0.4) is 0 Å². The van der Waals surface area contributed by atoms with Crippen LogP contribution in [0.25, 0.3) is 108 Å². The van der Waals surface area contributed by atoms with Gasteiger partial charge in [-0.2, -0.15) is 0 Å². The Balaban J connectivity index is 1.45. The lowest BCUT2D eigenvalue weighted by molar-refractivity contribution is 1.52. The molecule has 0 atom stereocenters. The SMILES string of the molecule is Cc1ccc2c(c1)c1cccc3c4c(C)c5c6cc7ccccc7c7c(-c8ccccc8)ccc(c5c(-c5ccccc5)c4cc2c13)c67. The third-order valence-electron chi connectivity index (χ3n) is 11.1. The van der Waals surface area contributed by atoms with E-state index in [-0.39, 0.29) is 0 Å². The molecule has 0 bridgehead atoms. The maximum absolute atomic E-state index is 2.52. The summed E-state index contributed by atoms with van der Waals surface area (Å²) in [6.07, 6.45) is 0. The van der Waals surface area contributed by atoms with Gasteiger partial charge in [0.25, 0.3) is 0 Å². The van der Waals surface area contributed by atoms with Crippen molar-refractivity contribution in [2.75, 3.05) is 0 Å². The largest absolute Gasteiger partial charge is 0.0622 e. The second-order valence-electron chi connectivity index (χ2n) is 13.7. The Morgan fingerprint density at radius 1 is 0.312 bits per heavy atom. The molecule has 0 radical (unpaired) electrons. The van der Waals surface area contributed by atoms with Crippen molar-refractivity contribution in [2.45, 2.75) is 13.8 Å². The van der Waals surface area contributed by atoms with E-state index in [1.54, 1.807) is 0 Å². The molecule has 11 aromatic rings. The molecule has 222 valence electrons. The van der Waals surface area contributed by atoms with Crippen molar-refractivity contribution in [3.05, 3.63) is 157 Å². The van der Waals surface area contributed by atoms with Gasteiger partial charge in [0.2, 0.25) is 0 Å². The normalized spacial score (nSPS) is 12.4. The molecule has 0 aliphatic carbocycles. The topological polar surface area (TPSA) is 0 Å². The predicted octanol–water partition coefficient (Wildman–Crippen LogP) is 13.7. The van der Waals surface area contributed by atoms with Crippen LogP contribution in [0.15, 0.2) is 146 Å². The number of benzene rings is 9. The van der Waals surface area contributed by atoms with Gasteiger partial charge in [-0.3, -0.25) is 0 Å². The van der Waals surface area contributed by atoms with E-state index >= 15 is 0 Å². The van der Waals surface area contributed by atoms with E-state index < -0.39 is 0 Å². The summed E-state index contributed by atoms with van der Waals surface area (Å²) < 4.78 is 0. The average molecular weight is 607 g/mol. The third kappa shape index (κ3) is 3.25. The lowest BCUT2D eigenvalue weighted by Crippen LogP contribution is -1.90. The fraction of sp³-hybridized carbons (Fsp3) is 0.0417. The number of hydrogen-bond donors (Lipinski definition) is 0. The summed E-state index contributed by atoms with van der Waals surface area (Å²) in [7, 11) is 0. The molecule has 0 unspecified atom stereocenters. The van der Waals surface area contributed by atoms with Gasteiger partial charge in [-0.25, -0.2) is 0 Å². The predicted molar refractivity (Wildman–Crippen MR) is 209 cm³/mol. The first-order valence-corrected chi connectivity index (χ1v) is 16.9. The third-order valence-corrected chi connectivity index (χ3v) is 11.1. The van der Waals surface area contributed by atoms with Crippen LogP contribution in [-0.2, 0) is 0 Å². The molecule has 0 N–H and O–H groups in total. The lowest BCUT2D eigenvalue weighted by atomic mass is 9.86. The van der Waals surface area contributed by atoms with E-state index in [9.17, 15) is 0 Å². The zero-order valence-corrected chi connectivity index (χ0v) is 26.9. The first kappa shape index (κ1) is 26.1. The lowest BCUT2D eigenvalue weighted by Gasteiger charge is -2.17. The first-order chi connectivity index (χ1) is 23.7. The van der Waals surface area contributed by atoms with Crippen LogP contribution in [0.1, 0.15) is 11.1 Å². The molecule has 0 saturated heterocycles. The van der Waals surface area contributed by atoms with Gasteiger partial charge < -0.3 is 0 Å². The summed E-state index contributed by atoms with van der Waals surface area (Å²) in [5.41, 5.74) is 7.82. The van der Waals surface area contributed by atoms with Gasteiger partial charge in [-0.05, 0) is 140 Å². The number of aryl methyl sites for hydroxylation is 2. The monoisotopic (exact) mass is 606 g/mol. The van der Waals surface area contributed by atoms with Crippen LogP contribution in [0, 0.1) is 13.8 Å². The number of hydrogen-bond acceptors (Lipinski definition) is 0. The Kier molecular flexibility index (Phi) is 5.07. The molecule has 0 aliphatic heterocycles. The number of rotatable bonds is 2. The minimum absolute atomic E-state index is 1.26. The molecule has 11 rings (SSSR count). The molecule has 0 heteroatoms. The highest BCUT2D eigenvalue weighted by Gasteiger charge is 2.25. The Hall–Kier alpha value is -5.98. The molecule has 0 heterocycles. The molecule has 0 aromatic heterocycles. The average Bonchev–Trinajstić information content (AvgIpc) is 3.63. The van der Waals surface area contributed by atoms with E-state index in [1.165, 1.54) is 120 Å². The quantitative estimate of drug-likeness (QED) is 0.172. The van der Waals surface area contributed by atoms with Crippen LogP contribution in [0.4, 0.5) is 0 Å². The maximum atomic E-state index is 2.52. The van der Waals surface area contributed by atoms with Gasteiger partial charge in [0.15, 0.2) is 0 Å². The van der Waals surface area contributed by atoms with Crippen LogP contribution in [0.2, 0.25) is 0 Å². The van der Waals surface area contributed by atoms with Crippen molar-refractivity contribution in [3.8, 4) is 22.3 Å². The second-order valence-corrected chi connectivity index (χ2v) is 13.7. The highest BCUT2D eigenvalue weighted by atomic mass is 14.3. The summed E-state index contributed by atoms with van der Waals surface area (Å²) in [6.45, 7) is 4.58. The summed E-state index contributed by atoms with van der Waals surface area (Å²) >= 11 is 0. The summed E-state index contributed by atoms with van der Waals surface area (Å²) in [4.78, 5) is 0. The van der Waals surface area contributed by atoms with Crippen LogP contribution in [0.5, 0.6) is 0 Å². The van der Waals surface area contributed by atoms with Crippen LogP contribution >= 0.6 is 0 Å². The molecule has 0 spiro atoms. The summed E-state index contributed by atoms with van der Waals surface area (Å²) in [5.74, 6) is 0. The fourth-order valence-electron chi connectivity index (χ4n) is 9.23. The van der Waals surface area contributed by atoms with Crippen LogP contribution in [-0.4, -0.2) is 0 Å². The molecule has 48 heavy (non-hydrogen) atoms. The van der Waals surface area contributed by atoms with E-state index in [1.807, 2.05) is 0 Å². The molecule has 0 saturated carbocycles. The van der Waals surface area contributed by atoms with E-state index in [2.05, 4.69) is 159 Å². The number of fused-ring (bicyclic) bond motifs is 10. The van der Waals surface area contributed by atoms with Gasteiger partial charge in [-0.1, -0.05) is 139 Å². The zero-order valence-electron chi connectivity index (χ0n) is 26.9. The van der Waals surface area contributed by atoms with Crippen molar-refractivity contribution in [3.63, 3.8) is 0 Å². The highest BCUT2D eigenvalue weighted by Crippen LogP contribution is 2.53. The Labute approximate surface area is 278 Å². The molecule has 11 aromatic carbocycles. The van der Waals surface area contributed by atoms with E-state index in [4.69, 9.17) is 0 Å². The Bertz CT molecular complexity index is 3090. The minimum Gasteiger partial charge on any atom is -0.0622 e. The van der Waals surface area contributed by atoms with Crippen molar-refractivity contribution in [1.29, 1.82) is 0 Å². The summed E-state index contributed by atoms with van der Waals surface area (Å²) in [5, 5.41) is 21.6. The van der Waals surface area contributed by atoms with E-state index in [0.29, 0.717) is 0 Å². The summed E-state index contributed by atoms with van der Waals surface area (Å²) in [6, 6.07) is 54.7. The van der Waals surface area contributed by atoms with Gasteiger partial charge >= 0.3 is 0 Å². The van der Waals surface area contributed by atoms with Gasteiger partial charge in [0.05, 0.1) is 0 Å². The molecule has 0 aliphatic rings. The fourth-order valence-corrected chi connectivity index (χ4v) is 9.23. The van der Waals surface area contributed by atoms with Crippen molar-refractivity contribution >= 4 is 86.2 Å². The molecular formula is C48H30. The second kappa shape index (κ2) is 9.31.